The van der Waals surface area contributed by atoms with E-state index in [0.717, 1.165) is 22.0 Å². The third-order valence-corrected chi connectivity index (χ3v) is 5.72. The number of aromatic nitrogens is 1. The largest absolute Gasteiger partial charge is 0.351 e. The van der Waals surface area contributed by atoms with Crippen LogP contribution in [0.5, 0.6) is 0 Å². The van der Waals surface area contributed by atoms with E-state index in [9.17, 15) is 0 Å². The highest BCUT2D eigenvalue weighted by atomic mass is 32.2. The van der Waals surface area contributed by atoms with Crippen LogP contribution < -0.4 is 5.73 Å². The van der Waals surface area contributed by atoms with E-state index in [-0.39, 0.29) is 12.3 Å². The van der Waals surface area contributed by atoms with E-state index in [1.807, 2.05) is 6.07 Å². The van der Waals surface area contributed by atoms with Crippen LogP contribution >= 0.6 is 23.1 Å². The Balaban J connectivity index is 1.49. The summed E-state index contributed by atoms with van der Waals surface area (Å²) in [6.45, 7) is 3.30. The van der Waals surface area contributed by atoms with Gasteiger partial charge in [-0.3, -0.25) is 0 Å². The molecule has 1 aliphatic heterocycles. The van der Waals surface area contributed by atoms with E-state index in [0.29, 0.717) is 13.2 Å². The molecule has 0 bridgehead atoms. The number of benzene rings is 1. The van der Waals surface area contributed by atoms with E-state index >= 15 is 0 Å². The van der Waals surface area contributed by atoms with Gasteiger partial charge in [-0.05, 0) is 19.1 Å². The second-order valence-electron chi connectivity index (χ2n) is 5.38. The molecule has 0 amide bonds. The van der Waals surface area contributed by atoms with Crippen LogP contribution in [-0.4, -0.2) is 36.3 Å². The van der Waals surface area contributed by atoms with Gasteiger partial charge >= 0.3 is 0 Å². The summed E-state index contributed by atoms with van der Waals surface area (Å²) in [6, 6.07) is 8.26. The van der Waals surface area contributed by atoms with Gasteiger partial charge < -0.3 is 15.2 Å². The van der Waals surface area contributed by atoms with Crippen molar-refractivity contribution in [2.75, 3.05) is 19.0 Å². The van der Waals surface area contributed by atoms with E-state index in [1.54, 1.807) is 23.1 Å². The number of fused-ring (bicyclic) bond motifs is 1. The highest BCUT2D eigenvalue weighted by Gasteiger charge is 2.18. The quantitative estimate of drug-likeness (QED) is 0.670. The van der Waals surface area contributed by atoms with Crippen molar-refractivity contribution in [1.82, 2.24) is 4.98 Å². The monoisotopic (exact) mass is 336 g/mol. The van der Waals surface area contributed by atoms with Crippen LogP contribution in [0.4, 0.5) is 0 Å². The van der Waals surface area contributed by atoms with Crippen LogP contribution in [0.3, 0.4) is 0 Å². The van der Waals surface area contributed by atoms with Gasteiger partial charge in [-0.1, -0.05) is 35.5 Å². The predicted molar refractivity (Wildman–Crippen MR) is 92.4 cm³/mol. The molecule has 2 N–H and O–H groups in total. The highest BCUT2D eigenvalue weighted by molar-refractivity contribution is 8.01. The minimum Gasteiger partial charge on any atom is -0.351 e. The van der Waals surface area contributed by atoms with Gasteiger partial charge in [0.25, 0.3) is 0 Å². The number of hydrogen-bond donors (Lipinski definition) is 1. The maximum Gasteiger partial charge on any atom is 0.161 e. The van der Waals surface area contributed by atoms with Crippen LogP contribution in [-0.2, 0) is 9.47 Å². The average molecular weight is 336 g/mol. The van der Waals surface area contributed by atoms with Crippen molar-refractivity contribution in [3.05, 3.63) is 35.9 Å². The first kappa shape index (κ1) is 16.0. The molecule has 1 aromatic carbocycles. The first-order valence-electron chi connectivity index (χ1n) is 7.33. The van der Waals surface area contributed by atoms with Crippen LogP contribution in [0, 0.1) is 0 Å². The molecule has 118 valence electrons. The van der Waals surface area contributed by atoms with Crippen LogP contribution in [0.25, 0.3) is 10.2 Å². The molecule has 1 fully saturated rings. The number of nitrogens with zero attached hydrogens (tertiary/aromatic N) is 1. The molecular formula is C16H20N2O2S2. The maximum atomic E-state index is 5.72. The molecule has 2 heterocycles. The fourth-order valence-electron chi connectivity index (χ4n) is 2.14. The lowest BCUT2D eigenvalue weighted by molar-refractivity contribution is -0.182. The first-order valence-corrected chi connectivity index (χ1v) is 9.14. The Bertz CT molecular complexity index is 615. The molecule has 0 unspecified atom stereocenters. The number of thioether (sulfide) groups is 1. The van der Waals surface area contributed by atoms with Crippen LogP contribution in [0.15, 0.2) is 40.3 Å². The van der Waals surface area contributed by atoms with Crippen molar-refractivity contribution in [2.45, 2.75) is 30.0 Å². The number of rotatable bonds is 5. The van der Waals surface area contributed by atoms with Crippen molar-refractivity contribution in [3.63, 3.8) is 0 Å². The lowest BCUT2D eigenvalue weighted by atomic mass is 10.2. The zero-order valence-corrected chi connectivity index (χ0v) is 14.2. The SMILES string of the molecule is C/C(=C\CC1OCC(N)CO1)CSc1nc2ccccc2s1. The van der Waals surface area contributed by atoms with Gasteiger partial charge in [-0.15, -0.1) is 11.3 Å². The fraction of sp³-hybridized carbons (Fsp3) is 0.438. The highest BCUT2D eigenvalue weighted by Crippen LogP contribution is 2.30. The molecule has 4 nitrogen and oxygen atoms in total. The molecular weight excluding hydrogens is 316 g/mol. The Hall–Kier alpha value is -0.920. The van der Waals surface area contributed by atoms with Gasteiger partial charge in [0, 0.05) is 12.2 Å². The zero-order valence-electron chi connectivity index (χ0n) is 12.5. The van der Waals surface area contributed by atoms with E-state index in [4.69, 9.17) is 15.2 Å². The fourth-order valence-corrected chi connectivity index (χ4v) is 4.15. The summed E-state index contributed by atoms with van der Waals surface area (Å²) < 4.78 is 13.4. The molecule has 0 spiro atoms. The van der Waals surface area contributed by atoms with Gasteiger partial charge in [-0.25, -0.2) is 4.98 Å². The smallest absolute Gasteiger partial charge is 0.161 e. The van der Waals surface area contributed by atoms with Crippen molar-refractivity contribution in [1.29, 1.82) is 0 Å². The normalized spacial score (nSPS) is 23.1. The Morgan fingerprint density at radius 2 is 2.18 bits per heavy atom. The van der Waals surface area contributed by atoms with Gasteiger partial charge in [0.1, 0.15) is 0 Å². The maximum absolute atomic E-state index is 5.72. The van der Waals surface area contributed by atoms with Crippen LogP contribution in [0.1, 0.15) is 13.3 Å². The summed E-state index contributed by atoms with van der Waals surface area (Å²) >= 11 is 3.53. The van der Waals surface area contributed by atoms with Crippen LogP contribution in [0.2, 0.25) is 0 Å². The number of ether oxygens (including phenoxy) is 2. The molecule has 22 heavy (non-hydrogen) atoms. The summed E-state index contributed by atoms with van der Waals surface area (Å²) in [6.07, 6.45) is 2.81. The summed E-state index contributed by atoms with van der Waals surface area (Å²) in [7, 11) is 0. The van der Waals surface area contributed by atoms with Gasteiger partial charge in [0.2, 0.25) is 0 Å². The number of para-hydroxylation sites is 1. The van der Waals surface area contributed by atoms with E-state index in [1.165, 1.54) is 10.3 Å². The third-order valence-electron chi connectivity index (χ3n) is 3.35. The van der Waals surface area contributed by atoms with E-state index < -0.39 is 0 Å². The summed E-state index contributed by atoms with van der Waals surface area (Å²) in [5, 5.41) is 0. The van der Waals surface area contributed by atoms with Crippen molar-refractivity contribution in [3.8, 4) is 0 Å². The topological polar surface area (TPSA) is 57.4 Å². The Kier molecular flexibility index (Phi) is 5.49. The molecule has 1 aromatic heterocycles. The lowest BCUT2D eigenvalue weighted by Gasteiger charge is -2.26. The van der Waals surface area contributed by atoms with Gasteiger partial charge in [-0.2, -0.15) is 0 Å². The van der Waals surface area contributed by atoms with Crippen molar-refractivity contribution in [2.24, 2.45) is 5.73 Å². The molecule has 0 aliphatic carbocycles. The van der Waals surface area contributed by atoms with Crippen molar-refractivity contribution < 1.29 is 9.47 Å². The van der Waals surface area contributed by atoms with Crippen molar-refractivity contribution >= 4 is 33.3 Å². The standard InChI is InChI=1S/C16H20N2O2S2/c1-11(6-7-15-19-8-12(17)9-20-15)10-21-16-18-13-4-2-3-5-14(13)22-16/h2-6,12,15H,7-10,17H2,1H3/b11-6+. The molecule has 3 rings (SSSR count). The minimum atomic E-state index is -0.151. The molecule has 0 radical (unpaired) electrons. The molecule has 2 aromatic rings. The number of hydrogen-bond acceptors (Lipinski definition) is 6. The predicted octanol–water partition coefficient (Wildman–Crippen LogP) is 3.43. The Morgan fingerprint density at radius 1 is 1.41 bits per heavy atom. The summed E-state index contributed by atoms with van der Waals surface area (Å²) in [5.41, 5.74) is 8.11. The first-order chi connectivity index (χ1) is 10.7. The zero-order chi connectivity index (χ0) is 15.4. The molecule has 0 atom stereocenters. The van der Waals surface area contributed by atoms with E-state index in [2.05, 4.69) is 36.2 Å². The lowest BCUT2D eigenvalue weighted by Crippen LogP contribution is -2.40. The average Bonchev–Trinajstić information content (AvgIpc) is 2.95. The third kappa shape index (κ3) is 4.30. The van der Waals surface area contributed by atoms with Gasteiger partial charge in [0.15, 0.2) is 10.6 Å². The molecule has 1 saturated heterocycles. The summed E-state index contributed by atoms with van der Waals surface area (Å²) in [5.74, 6) is 0.937. The molecule has 0 saturated carbocycles. The second-order valence-corrected chi connectivity index (χ2v) is 7.63. The Morgan fingerprint density at radius 3 is 2.95 bits per heavy atom. The molecule has 1 aliphatic rings. The second kappa shape index (κ2) is 7.57. The summed E-state index contributed by atoms with van der Waals surface area (Å²) in [4.78, 5) is 4.63. The minimum absolute atomic E-state index is 0.0101. The Labute approximate surface area is 138 Å². The number of thiazole rings is 1. The van der Waals surface area contributed by atoms with Gasteiger partial charge in [0.05, 0.1) is 29.5 Å². The number of nitrogens with two attached hydrogens (primary N) is 1. The molecule has 6 heteroatoms.